The molecule has 6 heteroatoms. The number of nitrogens with one attached hydrogen (secondary N) is 1. The molecule has 0 bridgehead atoms. The van der Waals surface area contributed by atoms with Gasteiger partial charge >= 0.3 is 5.97 Å². The van der Waals surface area contributed by atoms with Crippen molar-refractivity contribution in [2.24, 2.45) is 0 Å². The van der Waals surface area contributed by atoms with Gasteiger partial charge in [0.2, 0.25) is 0 Å². The summed E-state index contributed by atoms with van der Waals surface area (Å²) < 4.78 is 5.45. The van der Waals surface area contributed by atoms with Gasteiger partial charge < -0.3 is 10.1 Å². The molecule has 4 nitrogen and oxygen atoms in total. The number of carbonyl (C=O) groups excluding carboxylic acids is 2. The Kier molecular flexibility index (Phi) is 4.98. The zero-order valence-electron chi connectivity index (χ0n) is 11.6. The Labute approximate surface area is 131 Å². The summed E-state index contributed by atoms with van der Waals surface area (Å²) in [6.07, 6.45) is 0. The number of anilines is 1. The molecule has 0 spiro atoms. The number of aryl methyl sites for hydroxylation is 2. The fraction of sp³-hybridized carbons (Fsp3) is 0.200. The van der Waals surface area contributed by atoms with Crippen molar-refractivity contribution in [3.05, 3.63) is 50.7 Å². The third-order valence-corrected chi connectivity index (χ3v) is 3.99. The molecule has 1 amide bonds. The lowest BCUT2D eigenvalue weighted by Gasteiger charge is -2.09. The summed E-state index contributed by atoms with van der Waals surface area (Å²) in [4.78, 5) is 23.9. The van der Waals surface area contributed by atoms with E-state index in [9.17, 15) is 9.59 Å². The van der Waals surface area contributed by atoms with E-state index < -0.39 is 5.97 Å². The van der Waals surface area contributed by atoms with Crippen LogP contribution in [0.5, 0.6) is 0 Å². The number of carbonyl (C=O) groups is 2. The molecule has 0 fully saturated rings. The fourth-order valence-corrected chi connectivity index (χ4v) is 2.62. The summed E-state index contributed by atoms with van der Waals surface area (Å²) in [5.41, 5.74) is 2.71. The van der Waals surface area contributed by atoms with Crippen molar-refractivity contribution in [1.29, 1.82) is 0 Å². The predicted molar refractivity (Wildman–Crippen MR) is 84.2 cm³/mol. The molecule has 2 rings (SSSR count). The van der Waals surface area contributed by atoms with E-state index >= 15 is 0 Å². The van der Waals surface area contributed by atoms with Crippen LogP contribution < -0.4 is 5.32 Å². The van der Waals surface area contributed by atoms with E-state index in [0.29, 0.717) is 9.21 Å². The van der Waals surface area contributed by atoms with Gasteiger partial charge in [0.15, 0.2) is 6.61 Å². The van der Waals surface area contributed by atoms with E-state index in [1.807, 2.05) is 32.0 Å². The number of halogens is 1. The second-order valence-electron chi connectivity index (χ2n) is 4.55. The van der Waals surface area contributed by atoms with Crippen LogP contribution in [0, 0.1) is 13.8 Å². The van der Waals surface area contributed by atoms with Gasteiger partial charge in [0.1, 0.15) is 4.88 Å². The quantitative estimate of drug-likeness (QED) is 0.870. The molecule has 1 aromatic heterocycles. The molecule has 0 atom stereocenters. The number of amides is 1. The van der Waals surface area contributed by atoms with Gasteiger partial charge in [-0.2, -0.15) is 0 Å². The highest BCUT2D eigenvalue weighted by atomic mass is 35.5. The molecule has 1 aromatic carbocycles. The summed E-state index contributed by atoms with van der Waals surface area (Å²) in [7, 11) is 0. The lowest BCUT2D eigenvalue weighted by molar-refractivity contribution is -0.119. The zero-order chi connectivity index (χ0) is 15.4. The predicted octanol–water partition coefficient (Wildman–Crippen LogP) is 3.81. The lowest BCUT2D eigenvalue weighted by Crippen LogP contribution is -2.21. The van der Waals surface area contributed by atoms with Crippen LogP contribution in [-0.2, 0) is 9.53 Å². The number of thiophene rings is 1. The highest BCUT2D eigenvalue weighted by molar-refractivity contribution is 7.17. The van der Waals surface area contributed by atoms with E-state index in [2.05, 4.69) is 5.32 Å². The molecule has 1 N–H and O–H groups in total. The first-order valence-corrected chi connectivity index (χ1v) is 7.45. The summed E-state index contributed by atoms with van der Waals surface area (Å²) in [6.45, 7) is 3.51. The van der Waals surface area contributed by atoms with Gasteiger partial charge in [0, 0.05) is 5.69 Å². The molecule has 0 aliphatic heterocycles. The molecule has 0 saturated carbocycles. The first-order valence-electron chi connectivity index (χ1n) is 6.25. The third-order valence-electron chi connectivity index (χ3n) is 2.78. The third kappa shape index (κ3) is 4.31. The van der Waals surface area contributed by atoms with Crippen LogP contribution in [0.25, 0.3) is 0 Å². The van der Waals surface area contributed by atoms with Crippen molar-refractivity contribution >= 4 is 40.5 Å². The average Bonchev–Trinajstić information content (AvgIpc) is 2.87. The van der Waals surface area contributed by atoms with Gasteiger partial charge in [0.25, 0.3) is 5.91 Å². The van der Waals surface area contributed by atoms with Crippen molar-refractivity contribution in [3.63, 3.8) is 0 Å². The smallest absolute Gasteiger partial charge is 0.348 e. The van der Waals surface area contributed by atoms with E-state index in [1.165, 1.54) is 0 Å². The van der Waals surface area contributed by atoms with Crippen LogP contribution in [0.1, 0.15) is 20.8 Å². The molecule has 0 aliphatic rings. The molecule has 0 unspecified atom stereocenters. The van der Waals surface area contributed by atoms with Crippen molar-refractivity contribution in [2.75, 3.05) is 11.9 Å². The Bertz CT molecular complexity index is 681. The van der Waals surface area contributed by atoms with Gasteiger partial charge in [-0.3, -0.25) is 4.79 Å². The molecule has 0 aliphatic carbocycles. The molecular weight excluding hydrogens is 310 g/mol. The van der Waals surface area contributed by atoms with E-state index in [4.69, 9.17) is 16.3 Å². The normalized spacial score (nSPS) is 10.2. The number of esters is 1. The van der Waals surface area contributed by atoms with Crippen molar-refractivity contribution in [1.82, 2.24) is 0 Å². The second kappa shape index (κ2) is 6.74. The Morgan fingerprint density at radius 3 is 2.67 bits per heavy atom. The second-order valence-corrected chi connectivity index (χ2v) is 6.26. The van der Waals surface area contributed by atoms with Crippen LogP contribution >= 0.6 is 22.9 Å². The zero-order valence-corrected chi connectivity index (χ0v) is 13.2. The lowest BCUT2D eigenvalue weighted by atomic mass is 10.1. The molecule has 1 heterocycles. The number of ether oxygens (including phenoxy) is 1. The Hall–Kier alpha value is -1.85. The average molecular weight is 324 g/mol. The summed E-state index contributed by atoms with van der Waals surface area (Å²) >= 11 is 6.85. The largest absolute Gasteiger partial charge is 0.451 e. The molecule has 110 valence electrons. The van der Waals surface area contributed by atoms with Crippen LogP contribution in [0.4, 0.5) is 5.69 Å². The molecule has 0 saturated heterocycles. The van der Waals surface area contributed by atoms with E-state index in [-0.39, 0.29) is 12.5 Å². The summed E-state index contributed by atoms with van der Waals surface area (Å²) in [6, 6.07) is 8.93. The van der Waals surface area contributed by atoms with Gasteiger partial charge in [-0.05, 0) is 43.2 Å². The monoisotopic (exact) mass is 323 g/mol. The maximum absolute atomic E-state index is 11.8. The number of hydrogen-bond acceptors (Lipinski definition) is 4. The number of benzene rings is 1. The van der Waals surface area contributed by atoms with Crippen LogP contribution in [0.3, 0.4) is 0 Å². The SMILES string of the molecule is Cc1ccc(C)c(NC(=O)COC(=O)c2ccc(Cl)s2)c1. The van der Waals surface area contributed by atoms with Gasteiger partial charge in [-0.25, -0.2) is 4.79 Å². The van der Waals surface area contributed by atoms with Gasteiger partial charge in [0.05, 0.1) is 4.34 Å². The minimum atomic E-state index is -0.553. The van der Waals surface area contributed by atoms with Crippen LogP contribution in [0.15, 0.2) is 30.3 Å². The standard InChI is InChI=1S/C15H14ClNO3S/c1-9-3-4-10(2)11(7-9)17-14(18)8-20-15(19)12-5-6-13(16)21-12/h3-7H,8H2,1-2H3,(H,17,18). The van der Waals surface area contributed by atoms with Crippen LogP contribution in [0.2, 0.25) is 4.34 Å². The molecular formula is C15H14ClNO3S. The Morgan fingerprint density at radius 2 is 2.00 bits per heavy atom. The first-order chi connectivity index (χ1) is 9.95. The van der Waals surface area contributed by atoms with E-state index in [1.54, 1.807) is 12.1 Å². The minimum Gasteiger partial charge on any atom is -0.451 e. The van der Waals surface area contributed by atoms with Crippen molar-refractivity contribution < 1.29 is 14.3 Å². The Morgan fingerprint density at radius 1 is 1.24 bits per heavy atom. The highest BCUT2D eigenvalue weighted by Gasteiger charge is 2.13. The first kappa shape index (κ1) is 15.5. The maximum atomic E-state index is 11.8. The minimum absolute atomic E-state index is 0.332. The number of rotatable bonds is 4. The highest BCUT2D eigenvalue weighted by Crippen LogP contribution is 2.22. The topological polar surface area (TPSA) is 55.4 Å². The molecule has 2 aromatic rings. The van der Waals surface area contributed by atoms with Crippen LogP contribution in [-0.4, -0.2) is 18.5 Å². The fourth-order valence-electron chi connectivity index (χ4n) is 1.68. The van der Waals surface area contributed by atoms with E-state index in [0.717, 1.165) is 28.2 Å². The Balaban J connectivity index is 1.90. The van der Waals surface area contributed by atoms with Crippen molar-refractivity contribution in [3.8, 4) is 0 Å². The summed E-state index contributed by atoms with van der Waals surface area (Å²) in [5, 5.41) is 2.72. The number of hydrogen-bond donors (Lipinski definition) is 1. The maximum Gasteiger partial charge on any atom is 0.348 e. The molecule has 0 radical (unpaired) electrons. The van der Waals surface area contributed by atoms with Gasteiger partial charge in [-0.1, -0.05) is 23.7 Å². The van der Waals surface area contributed by atoms with Gasteiger partial charge in [-0.15, -0.1) is 11.3 Å². The molecule has 21 heavy (non-hydrogen) atoms. The summed E-state index contributed by atoms with van der Waals surface area (Å²) in [5.74, 6) is -0.928. The van der Waals surface area contributed by atoms with Crippen molar-refractivity contribution in [2.45, 2.75) is 13.8 Å².